The summed E-state index contributed by atoms with van der Waals surface area (Å²) in [5.74, 6) is 0. The van der Waals surface area contributed by atoms with E-state index in [1.165, 1.54) is 0 Å². The van der Waals surface area contributed by atoms with Crippen molar-refractivity contribution in [2.75, 3.05) is 0 Å². The van der Waals surface area contributed by atoms with Gasteiger partial charge >= 0.3 is 0 Å². The molecule has 0 spiro atoms. The van der Waals surface area contributed by atoms with Gasteiger partial charge < -0.3 is 5.11 Å². The molecule has 1 nitrogen and oxygen atoms in total. The molecule has 0 fully saturated rings. The molecule has 1 rings (SSSR count). The Kier molecular flexibility index (Phi) is 7.08. The number of hydrogen-bond donors (Lipinski definition) is 1. The van der Waals surface area contributed by atoms with E-state index in [-0.39, 0.29) is 15.4 Å². The topological polar surface area (TPSA) is 20.2 Å². The minimum absolute atomic E-state index is 0.109. The second kappa shape index (κ2) is 7.46. The number of aliphatic hydroxyl groups is 1. The SMILES string of the molecule is C=Cc1ccc(CO)cc1.C[SiH](C)C(C)(C)C. The summed E-state index contributed by atoms with van der Waals surface area (Å²) in [5.41, 5.74) is 2.02. The van der Waals surface area contributed by atoms with Gasteiger partial charge in [0, 0.05) is 8.80 Å². The Hall–Kier alpha value is -0.863. The fourth-order valence-corrected chi connectivity index (χ4v) is 0.759. The van der Waals surface area contributed by atoms with Gasteiger partial charge in [0.1, 0.15) is 0 Å². The molecular weight excluding hydrogens is 224 g/mol. The van der Waals surface area contributed by atoms with Crippen LogP contribution in [0.1, 0.15) is 31.9 Å². The predicted molar refractivity (Wildman–Crippen MR) is 81.0 cm³/mol. The highest BCUT2D eigenvalue weighted by Gasteiger charge is 2.15. The largest absolute Gasteiger partial charge is 0.392 e. The van der Waals surface area contributed by atoms with Gasteiger partial charge in [-0.1, -0.05) is 70.8 Å². The lowest BCUT2D eigenvalue weighted by Crippen LogP contribution is -2.16. The molecule has 2 heteroatoms. The van der Waals surface area contributed by atoms with E-state index in [9.17, 15) is 0 Å². The van der Waals surface area contributed by atoms with Crippen molar-refractivity contribution in [3.8, 4) is 0 Å². The second-order valence-corrected chi connectivity index (χ2v) is 9.67. The monoisotopic (exact) mass is 250 g/mol. The maximum Gasteiger partial charge on any atom is 0.0681 e. The molecule has 96 valence electrons. The van der Waals surface area contributed by atoms with Gasteiger partial charge in [0.05, 0.1) is 6.61 Å². The van der Waals surface area contributed by atoms with Crippen LogP contribution in [0, 0.1) is 0 Å². The number of hydrogen-bond acceptors (Lipinski definition) is 1. The lowest BCUT2D eigenvalue weighted by atomic mass is 10.1. The Bertz CT molecular complexity index is 320. The Morgan fingerprint density at radius 2 is 1.59 bits per heavy atom. The van der Waals surface area contributed by atoms with Crippen LogP contribution >= 0.6 is 0 Å². The van der Waals surface area contributed by atoms with Crippen LogP contribution in [-0.2, 0) is 6.61 Å². The van der Waals surface area contributed by atoms with E-state index in [0.29, 0.717) is 5.04 Å². The molecule has 0 bridgehead atoms. The minimum Gasteiger partial charge on any atom is -0.392 e. The number of rotatable bonds is 2. The molecule has 0 radical (unpaired) electrons. The standard InChI is InChI=1S/C9H10O.C6H16Si/c1-2-8-3-5-9(7-10)6-4-8;1-6(2,3)7(4)5/h2-6,10H,1,7H2;7H,1-5H3. The van der Waals surface area contributed by atoms with Crippen molar-refractivity contribution >= 4 is 14.9 Å². The Labute approximate surface area is 108 Å². The summed E-state index contributed by atoms with van der Waals surface area (Å²) in [5, 5.41) is 9.31. The van der Waals surface area contributed by atoms with Crippen molar-refractivity contribution in [1.82, 2.24) is 0 Å². The first kappa shape index (κ1) is 16.1. The minimum atomic E-state index is -0.359. The smallest absolute Gasteiger partial charge is 0.0681 e. The molecule has 0 unspecified atom stereocenters. The van der Waals surface area contributed by atoms with Gasteiger partial charge in [-0.05, 0) is 16.2 Å². The average Bonchev–Trinajstić information content (AvgIpc) is 2.28. The van der Waals surface area contributed by atoms with E-state index in [0.717, 1.165) is 11.1 Å². The summed E-state index contributed by atoms with van der Waals surface area (Å²) in [6.45, 7) is 15.5. The fraction of sp³-hybridized carbons (Fsp3) is 0.467. The van der Waals surface area contributed by atoms with E-state index in [1.54, 1.807) is 6.08 Å². The normalized spacial score (nSPS) is 10.8. The Morgan fingerprint density at radius 1 is 1.18 bits per heavy atom. The highest BCUT2D eigenvalue weighted by Crippen LogP contribution is 2.25. The van der Waals surface area contributed by atoms with Crippen molar-refractivity contribution in [3.05, 3.63) is 42.0 Å². The molecule has 0 aromatic heterocycles. The molecule has 0 saturated carbocycles. The van der Waals surface area contributed by atoms with Crippen LogP contribution in [0.4, 0.5) is 0 Å². The number of aliphatic hydroxyl groups excluding tert-OH is 1. The summed E-state index contributed by atoms with van der Waals surface area (Å²) in [7, 11) is -0.359. The van der Waals surface area contributed by atoms with Crippen LogP contribution in [-0.4, -0.2) is 13.9 Å². The lowest BCUT2D eigenvalue weighted by molar-refractivity contribution is 0.282. The van der Waals surface area contributed by atoms with Crippen LogP contribution in [0.25, 0.3) is 6.08 Å². The molecule has 0 aliphatic heterocycles. The zero-order chi connectivity index (χ0) is 13.5. The zero-order valence-corrected chi connectivity index (χ0v) is 13.0. The highest BCUT2D eigenvalue weighted by atomic mass is 28.3. The first-order valence-electron chi connectivity index (χ1n) is 6.13. The third-order valence-corrected chi connectivity index (χ3v) is 6.59. The quantitative estimate of drug-likeness (QED) is 0.784. The molecule has 1 N–H and O–H groups in total. The molecule has 0 aliphatic rings. The summed E-state index contributed by atoms with van der Waals surface area (Å²) < 4.78 is 0. The van der Waals surface area contributed by atoms with Crippen LogP contribution in [0.2, 0.25) is 18.1 Å². The summed E-state index contributed by atoms with van der Waals surface area (Å²) in [4.78, 5) is 0. The van der Waals surface area contributed by atoms with Crippen LogP contribution in [0.5, 0.6) is 0 Å². The maximum absolute atomic E-state index is 8.68. The van der Waals surface area contributed by atoms with Gasteiger partial charge in [-0.25, -0.2) is 0 Å². The molecular formula is C15H26OSi. The molecule has 1 aromatic carbocycles. The molecule has 0 heterocycles. The number of benzene rings is 1. The van der Waals surface area contributed by atoms with Crippen LogP contribution in [0.3, 0.4) is 0 Å². The molecule has 0 saturated heterocycles. The zero-order valence-electron chi connectivity index (χ0n) is 11.8. The van der Waals surface area contributed by atoms with Crippen molar-refractivity contribution in [2.45, 2.75) is 45.5 Å². The first-order chi connectivity index (χ1) is 7.81. The van der Waals surface area contributed by atoms with E-state index in [1.807, 2.05) is 24.3 Å². The maximum atomic E-state index is 8.68. The molecule has 0 atom stereocenters. The van der Waals surface area contributed by atoms with E-state index in [2.05, 4.69) is 40.4 Å². The molecule has 1 aromatic rings. The first-order valence-corrected chi connectivity index (χ1v) is 9.02. The van der Waals surface area contributed by atoms with Gasteiger partial charge in [-0.2, -0.15) is 0 Å². The fourth-order valence-electron chi connectivity index (χ4n) is 0.759. The summed E-state index contributed by atoms with van der Waals surface area (Å²) in [6, 6.07) is 7.63. The van der Waals surface area contributed by atoms with Crippen LogP contribution < -0.4 is 0 Å². The van der Waals surface area contributed by atoms with E-state index in [4.69, 9.17) is 5.11 Å². The predicted octanol–water partition coefficient (Wildman–Crippen LogP) is 4.10. The van der Waals surface area contributed by atoms with Gasteiger partial charge in [0.2, 0.25) is 0 Å². The average molecular weight is 250 g/mol. The van der Waals surface area contributed by atoms with E-state index < -0.39 is 0 Å². The summed E-state index contributed by atoms with van der Waals surface area (Å²) in [6.07, 6.45) is 1.78. The molecule has 17 heavy (non-hydrogen) atoms. The summed E-state index contributed by atoms with van der Waals surface area (Å²) >= 11 is 0. The van der Waals surface area contributed by atoms with Gasteiger partial charge in [0.15, 0.2) is 0 Å². The van der Waals surface area contributed by atoms with Gasteiger partial charge in [-0.15, -0.1) is 0 Å². The van der Waals surface area contributed by atoms with E-state index >= 15 is 0 Å². The lowest BCUT2D eigenvalue weighted by Gasteiger charge is -2.21. The van der Waals surface area contributed by atoms with Crippen molar-refractivity contribution in [2.24, 2.45) is 0 Å². The molecule has 0 aliphatic carbocycles. The highest BCUT2D eigenvalue weighted by molar-refractivity contribution is 6.59. The Balaban J connectivity index is 0.000000325. The second-order valence-electron chi connectivity index (χ2n) is 5.62. The van der Waals surface area contributed by atoms with Crippen LogP contribution in [0.15, 0.2) is 30.8 Å². The van der Waals surface area contributed by atoms with Gasteiger partial charge in [0.25, 0.3) is 0 Å². The third kappa shape index (κ3) is 7.13. The van der Waals surface area contributed by atoms with Gasteiger partial charge in [-0.3, -0.25) is 0 Å². The third-order valence-electron chi connectivity index (χ3n) is 3.13. The van der Waals surface area contributed by atoms with Crippen molar-refractivity contribution in [3.63, 3.8) is 0 Å². The van der Waals surface area contributed by atoms with Crippen molar-refractivity contribution in [1.29, 1.82) is 0 Å². The Morgan fingerprint density at radius 3 is 1.82 bits per heavy atom. The van der Waals surface area contributed by atoms with Crippen molar-refractivity contribution < 1.29 is 5.11 Å². The molecule has 0 amide bonds.